The molecule has 0 bridgehead atoms. The van der Waals surface area contributed by atoms with Gasteiger partial charge >= 0.3 is 13.5 Å². The maximum atomic E-state index is 13.3. The summed E-state index contributed by atoms with van der Waals surface area (Å²) in [5.74, 6) is -0.553. The number of hydrogen-bond donors (Lipinski definition) is 4. The summed E-state index contributed by atoms with van der Waals surface area (Å²) < 4.78 is 40.5. The fourth-order valence-corrected chi connectivity index (χ4v) is 3.71. The normalized spacial score (nSPS) is 23.8. The molecule has 0 aliphatic carbocycles. The van der Waals surface area contributed by atoms with E-state index in [1.54, 1.807) is 0 Å². The van der Waals surface area contributed by atoms with Crippen molar-refractivity contribution in [3.8, 4) is 0 Å². The minimum Gasteiger partial charge on any atom is -0.387 e. The molecule has 13 nitrogen and oxygen atoms in total. The first kappa shape index (κ1) is 22.5. The molecule has 32 heavy (non-hydrogen) atoms. The second-order valence-electron chi connectivity index (χ2n) is 7.03. The van der Waals surface area contributed by atoms with Crippen molar-refractivity contribution in [1.29, 1.82) is 0 Å². The van der Waals surface area contributed by atoms with Crippen LogP contribution in [0.25, 0.3) is 11.0 Å². The van der Waals surface area contributed by atoms with Crippen molar-refractivity contribution in [2.75, 3.05) is 6.61 Å². The quantitative estimate of drug-likeness (QED) is 0.324. The molecule has 172 valence electrons. The molecule has 1 aromatic carbocycles. The molecule has 1 fully saturated rings. The Balaban J connectivity index is 1.64. The summed E-state index contributed by atoms with van der Waals surface area (Å²) in [4.78, 5) is 42.9. The largest absolute Gasteiger partial charge is 0.469 e. The number of hydrogen-bond acceptors (Lipinski definition) is 9. The molecule has 3 heterocycles. The molecule has 0 saturated carbocycles. The van der Waals surface area contributed by atoms with Gasteiger partial charge in [0.25, 0.3) is 5.56 Å². The highest BCUT2D eigenvalue weighted by molar-refractivity contribution is 7.46. The van der Waals surface area contributed by atoms with Gasteiger partial charge in [0.2, 0.25) is 0 Å². The van der Waals surface area contributed by atoms with Crippen LogP contribution in [0.3, 0.4) is 0 Å². The zero-order valence-corrected chi connectivity index (χ0v) is 16.9. The SMILES string of the molecule is O=c1ccn([C@@H]2O[C@H](COP(=O)(O)O)[C@H](O)[C@@H]2O)c(=O)n1Cc1noc2cc(F)ccc12. The van der Waals surface area contributed by atoms with Crippen molar-refractivity contribution >= 4 is 18.8 Å². The van der Waals surface area contributed by atoms with Crippen LogP contribution in [0.2, 0.25) is 0 Å². The predicted octanol–water partition coefficient (Wildman–Crippen LogP) is -0.933. The topological polar surface area (TPSA) is 186 Å². The van der Waals surface area contributed by atoms with Gasteiger partial charge in [-0.3, -0.25) is 18.5 Å². The molecule has 2 aromatic heterocycles. The van der Waals surface area contributed by atoms with Crippen LogP contribution >= 0.6 is 7.82 Å². The average molecular weight is 473 g/mol. The van der Waals surface area contributed by atoms with Gasteiger partial charge in [0.1, 0.15) is 29.8 Å². The van der Waals surface area contributed by atoms with Crippen LogP contribution in [0.15, 0.2) is 44.6 Å². The van der Waals surface area contributed by atoms with E-state index in [2.05, 4.69) is 9.68 Å². The van der Waals surface area contributed by atoms with Gasteiger partial charge in [-0.25, -0.2) is 13.8 Å². The Labute approximate surface area is 177 Å². The zero-order chi connectivity index (χ0) is 23.2. The summed E-state index contributed by atoms with van der Waals surface area (Å²) in [5.41, 5.74) is -1.34. The Bertz CT molecular complexity index is 1310. The Hall–Kier alpha value is -2.71. The number of aliphatic hydroxyl groups is 2. The van der Waals surface area contributed by atoms with Crippen molar-refractivity contribution < 1.29 is 42.7 Å². The Kier molecular flexibility index (Phi) is 5.85. The van der Waals surface area contributed by atoms with Crippen LogP contribution in [0.4, 0.5) is 4.39 Å². The molecule has 0 radical (unpaired) electrons. The number of benzene rings is 1. The fourth-order valence-electron chi connectivity index (χ4n) is 3.37. The first-order valence-corrected chi connectivity index (χ1v) is 10.7. The number of phosphoric acid groups is 1. The maximum Gasteiger partial charge on any atom is 0.469 e. The molecule has 1 saturated heterocycles. The van der Waals surface area contributed by atoms with Crippen molar-refractivity contribution in [3.05, 3.63) is 62.8 Å². The van der Waals surface area contributed by atoms with Gasteiger partial charge in [-0.15, -0.1) is 0 Å². The summed E-state index contributed by atoms with van der Waals surface area (Å²) in [6.45, 7) is -1.10. The van der Waals surface area contributed by atoms with Crippen molar-refractivity contribution in [1.82, 2.24) is 14.3 Å². The van der Waals surface area contributed by atoms with E-state index in [1.165, 1.54) is 12.1 Å². The lowest BCUT2D eigenvalue weighted by Gasteiger charge is -2.18. The van der Waals surface area contributed by atoms with E-state index < -0.39 is 56.0 Å². The van der Waals surface area contributed by atoms with Gasteiger partial charge in [0, 0.05) is 23.7 Å². The van der Waals surface area contributed by atoms with Crippen molar-refractivity contribution in [3.63, 3.8) is 0 Å². The number of rotatable bonds is 6. The van der Waals surface area contributed by atoms with Crippen LogP contribution in [-0.2, 0) is 20.4 Å². The first-order chi connectivity index (χ1) is 15.0. The molecule has 1 aliphatic heterocycles. The second kappa shape index (κ2) is 8.33. The van der Waals surface area contributed by atoms with Gasteiger partial charge in [0.15, 0.2) is 11.8 Å². The highest BCUT2D eigenvalue weighted by Gasteiger charge is 2.45. The Morgan fingerprint density at radius 2 is 1.94 bits per heavy atom. The number of fused-ring (bicyclic) bond motifs is 1. The lowest BCUT2D eigenvalue weighted by Crippen LogP contribution is -2.43. The molecular weight excluding hydrogens is 456 g/mol. The third kappa shape index (κ3) is 4.29. The number of aliphatic hydroxyl groups excluding tert-OH is 2. The van der Waals surface area contributed by atoms with Crippen LogP contribution in [0.1, 0.15) is 11.9 Å². The summed E-state index contributed by atoms with van der Waals surface area (Å²) in [6.07, 6.45) is -5.08. The Morgan fingerprint density at radius 3 is 2.66 bits per heavy atom. The van der Waals surface area contributed by atoms with Gasteiger partial charge in [-0.1, -0.05) is 5.16 Å². The van der Waals surface area contributed by atoms with Crippen LogP contribution in [0.5, 0.6) is 0 Å². The fraction of sp³-hybridized carbons (Fsp3) is 0.353. The first-order valence-electron chi connectivity index (χ1n) is 9.12. The summed E-state index contributed by atoms with van der Waals surface area (Å²) in [6, 6.07) is 4.67. The number of nitrogens with zero attached hydrogens (tertiary/aromatic N) is 3. The van der Waals surface area contributed by atoms with Gasteiger partial charge in [-0.05, 0) is 12.1 Å². The zero-order valence-electron chi connectivity index (χ0n) is 16.0. The molecule has 4 N–H and O–H groups in total. The molecule has 1 aliphatic rings. The molecule has 4 atom stereocenters. The third-order valence-electron chi connectivity index (χ3n) is 4.93. The van der Waals surface area contributed by atoms with E-state index in [0.29, 0.717) is 5.39 Å². The summed E-state index contributed by atoms with van der Waals surface area (Å²) in [7, 11) is -4.86. The van der Waals surface area contributed by atoms with Crippen LogP contribution < -0.4 is 11.2 Å². The molecule has 0 amide bonds. The van der Waals surface area contributed by atoms with Gasteiger partial charge < -0.3 is 29.3 Å². The molecule has 0 unspecified atom stereocenters. The van der Waals surface area contributed by atoms with Crippen LogP contribution in [0, 0.1) is 5.82 Å². The van der Waals surface area contributed by atoms with E-state index in [4.69, 9.17) is 19.0 Å². The van der Waals surface area contributed by atoms with E-state index >= 15 is 0 Å². The maximum absolute atomic E-state index is 13.3. The van der Waals surface area contributed by atoms with E-state index in [-0.39, 0.29) is 17.8 Å². The third-order valence-corrected chi connectivity index (χ3v) is 5.42. The number of ether oxygens (including phenoxy) is 1. The predicted molar refractivity (Wildman–Crippen MR) is 102 cm³/mol. The lowest BCUT2D eigenvalue weighted by molar-refractivity contribution is -0.0548. The van der Waals surface area contributed by atoms with E-state index in [1.807, 2.05) is 0 Å². The average Bonchev–Trinajstić information content (AvgIpc) is 3.24. The lowest BCUT2D eigenvalue weighted by atomic mass is 10.1. The number of halogens is 1. The number of aromatic nitrogens is 3. The summed E-state index contributed by atoms with van der Waals surface area (Å²) >= 11 is 0. The number of phosphoric ester groups is 1. The van der Waals surface area contributed by atoms with Crippen molar-refractivity contribution in [2.45, 2.75) is 31.1 Å². The highest BCUT2D eigenvalue weighted by Crippen LogP contribution is 2.38. The molecular formula is C17H17FN3O10P. The molecule has 3 aromatic rings. The van der Waals surface area contributed by atoms with Gasteiger partial charge in [0.05, 0.1) is 13.2 Å². The van der Waals surface area contributed by atoms with Crippen LogP contribution in [-0.4, -0.2) is 59.2 Å². The van der Waals surface area contributed by atoms with Gasteiger partial charge in [-0.2, -0.15) is 0 Å². The van der Waals surface area contributed by atoms with E-state index in [9.17, 15) is 28.8 Å². The van der Waals surface area contributed by atoms with E-state index in [0.717, 1.165) is 27.5 Å². The minimum absolute atomic E-state index is 0.120. The second-order valence-corrected chi connectivity index (χ2v) is 8.27. The molecule has 15 heteroatoms. The Morgan fingerprint density at radius 1 is 1.19 bits per heavy atom. The minimum atomic E-state index is -4.86. The molecule has 4 rings (SSSR count). The molecule has 0 spiro atoms. The summed E-state index contributed by atoms with van der Waals surface area (Å²) in [5, 5.41) is 24.5. The standard InChI is InChI=1S/C17H17FN3O10P/c18-8-1-2-9-10(19-31-11(9)5-8)6-21-13(22)3-4-20(17(21)25)16-15(24)14(23)12(30-16)7-29-32(26,27)28/h1-5,12,14-16,23-24H,6-7H2,(H2,26,27,28)/t12-,14+,15+,16-/m1/s1. The monoisotopic (exact) mass is 473 g/mol. The highest BCUT2D eigenvalue weighted by atomic mass is 31.2. The smallest absolute Gasteiger partial charge is 0.387 e. The van der Waals surface area contributed by atoms with Crippen molar-refractivity contribution in [2.24, 2.45) is 0 Å².